The number of hydrogen-bond acceptors (Lipinski definition) is 2. The van der Waals surface area contributed by atoms with Gasteiger partial charge < -0.3 is 5.11 Å². The molecule has 1 N–H and O–H groups in total. The number of rotatable bonds is 4. The van der Waals surface area contributed by atoms with Gasteiger partial charge in [-0.1, -0.05) is 32.9 Å². The molecule has 120 valence electrons. The van der Waals surface area contributed by atoms with Crippen molar-refractivity contribution in [3.8, 4) is 0 Å². The van der Waals surface area contributed by atoms with Crippen LogP contribution in [0.2, 0.25) is 0 Å². The van der Waals surface area contributed by atoms with Gasteiger partial charge in [0, 0.05) is 18.3 Å². The second-order valence-corrected chi connectivity index (χ2v) is 8.25. The molecule has 5 atom stereocenters. The maximum absolute atomic E-state index is 12.2. The van der Waals surface area contributed by atoms with E-state index in [1.165, 1.54) is 12.8 Å². The normalized spacial score (nSPS) is 36.8. The van der Waals surface area contributed by atoms with E-state index in [2.05, 4.69) is 32.9 Å². The maximum atomic E-state index is 12.2. The van der Waals surface area contributed by atoms with E-state index in [-0.39, 0.29) is 11.3 Å². The van der Waals surface area contributed by atoms with Crippen molar-refractivity contribution in [1.82, 2.24) is 0 Å². The topological polar surface area (TPSA) is 37.3 Å². The molecular formula is C19H32O2. The summed E-state index contributed by atoms with van der Waals surface area (Å²) in [5, 5.41) is 10.0. The summed E-state index contributed by atoms with van der Waals surface area (Å²) in [6.07, 6.45) is 9.76. The molecule has 0 saturated heterocycles. The lowest BCUT2D eigenvalue weighted by Gasteiger charge is -2.41. The number of carbonyl (C=O) groups excluding carboxylic acids is 1. The summed E-state index contributed by atoms with van der Waals surface area (Å²) in [7, 11) is 0. The molecule has 2 nitrogen and oxygen atoms in total. The van der Waals surface area contributed by atoms with Gasteiger partial charge in [0.2, 0.25) is 0 Å². The van der Waals surface area contributed by atoms with Gasteiger partial charge in [-0.3, -0.25) is 4.79 Å². The van der Waals surface area contributed by atoms with Crippen LogP contribution in [0.25, 0.3) is 0 Å². The molecule has 21 heavy (non-hydrogen) atoms. The molecule has 2 heteroatoms. The van der Waals surface area contributed by atoms with E-state index < -0.39 is 5.60 Å². The molecule has 2 unspecified atom stereocenters. The van der Waals surface area contributed by atoms with Crippen molar-refractivity contribution in [2.45, 2.75) is 72.3 Å². The highest BCUT2D eigenvalue weighted by atomic mass is 16.3. The Kier molecular flexibility index (Phi) is 4.68. The van der Waals surface area contributed by atoms with E-state index in [9.17, 15) is 9.90 Å². The predicted octanol–water partition coefficient (Wildman–Crippen LogP) is 4.37. The molecule has 0 spiro atoms. The molecule has 2 aliphatic rings. The van der Waals surface area contributed by atoms with Crippen LogP contribution in [-0.2, 0) is 4.79 Å². The molecule has 0 amide bonds. The minimum Gasteiger partial charge on any atom is -0.390 e. The zero-order valence-electron chi connectivity index (χ0n) is 14.4. The largest absolute Gasteiger partial charge is 0.390 e. The van der Waals surface area contributed by atoms with Crippen molar-refractivity contribution < 1.29 is 9.90 Å². The second-order valence-electron chi connectivity index (χ2n) is 8.25. The van der Waals surface area contributed by atoms with Crippen molar-refractivity contribution >= 4 is 5.78 Å². The third kappa shape index (κ3) is 3.26. The quantitative estimate of drug-likeness (QED) is 0.781. The van der Waals surface area contributed by atoms with Gasteiger partial charge in [-0.2, -0.15) is 0 Å². The number of ketones is 1. The van der Waals surface area contributed by atoms with Crippen LogP contribution < -0.4 is 0 Å². The first kappa shape index (κ1) is 16.7. The molecular weight excluding hydrogens is 260 g/mol. The number of fused-ring (bicyclic) bond motifs is 1. The Morgan fingerprint density at radius 2 is 1.95 bits per heavy atom. The van der Waals surface area contributed by atoms with Gasteiger partial charge in [0.15, 0.2) is 0 Å². The van der Waals surface area contributed by atoms with E-state index in [1.54, 1.807) is 0 Å². The van der Waals surface area contributed by atoms with Crippen LogP contribution in [0.4, 0.5) is 0 Å². The Morgan fingerprint density at radius 1 is 1.29 bits per heavy atom. The third-order valence-electron chi connectivity index (χ3n) is 6.39. The molecule has 0 radical (unpaired) electrons. The average molecular weight is 292 g/mol. The minimum atomic E-state index is -0.668. The van der Waals surface area contributed by atoms with Gasteiger partial charge in [-0.25, -0.2) is 0 Å². The van der Waals surface area contributed by atoms with Crippen molar-refractivity contribution in [3.63, 3.8) is 0 Å². The van der Waals surface area contributed by atoms with Gasteiger partial charge in [0.25, 0.3) is 0 Å². The van der Waals surface area contributed by atoms with Crippen LogP contribution in [0, 0.1) is 29.1 Å². The fraction of sp³-hybridized carbons (Fsp3) is 0.842. The maximum Gasteiger partial charge on any atom is 0.136 e. The fourth-order valence-electron chi connectivity index (χ4n) is 4.55. The van der Waals surface area contributed by atoms with Gasteiger partial charge in [0.1, 0.15) is 5.78 Å². The summed E-state index contributed by atoms with van der Waals surface area (Å²) in [5.74, 6) is 2.05. The summed E-state index contributed by atoms with van der Waals surface area (Å²) in [5.41, 5.74) is -0.462. The summed E-state index contributed by atoms with van der Waals surface area (Å²) in [4.78, 5) is 12.2. The molecule has 0 bridgehead atoms. The molecule has 0 aromatic heterocycles. The Bertz CT molecular complexity index is 418. The molecule has 0 heterocycles. The first-order valence-corrected chi connectivity index (χ1v) is 8.59. The summed E-state index contributed by atoms with van der Waals surface area (Å²) >= 11 is 0. The van der Waals surface area contributed by atoms with Gasteiger partial charge in [-0.15, -0.1) is 0 Å². The van der Waals surface area contributed by atoms with E-state index in [4.69, 9.17) is 0 Å². The fourth-order valence-corrected chi connectivity index (χ4v) is 4.55. The van der Waals surface area contributed by atoms with Crippen molar-refractivity contribution in [2.75, 3.05) is 0 Å². The van der Waals surface area contributed by atoms with Crippen LogP contribution in [0.15, 0.2) is 12.2 Å². The Hall–Kier alpha value is -0.630. The highest BCUT2D eigenvalue weighted by Crippen LogP contribution is 2.56. The summed E-state index contributed by atoms with van der Waals surface area (Å²) in [6, 6.07) is 0. The van der Waals surface area contributed by atoms with Crippen LogP contribution in [0.5, 0.6) is 0 Å². The molecule has 2 fully saturated rings. The predicted molar refractivity (Wildman–Crippen MR) is 86.9 cm³/mol. The van der Waals surface area contributed by atoms with Crippen molar-refractivity contribution in [3.05, 3.63) is 12.2 Å². The smallest absolute Gasteiger partial charge is 0.136 e. The van der Waals surface area contributed by atoms with Gasteiger partial charge in [-0.05, 0) is 56.8 Å². The standard InChI is InChI=1S/C19H32O2/c1-13(8-9-14(2)18(3,4)21)15-10-11-16-17(20)7-6-12-19(15,16)5/h8-9,13-16,21H,6-7,10-12H2,1-5H3/b9-8+/t13-,14+,15?,16?,19-/m1/s1. The molecule has 0 aromatic rings. The molecule has 2 saturated carbocycles. The molecule has 2 rings (SSSR count). The number of aliphatic hydroxyl groups is 1. The number of carbonyl (C=O) groups is 1. The van der Waals surface area contributed by atoms with E-state index >= 15 is 0 Å². The molecule has 0 aromatic carbocycles. The highest BCUT2D eigenvalue weighted by Gasteiger charge is 2.51. The van der Waals surface area contributed by atoms with Crippen molar-refractivity contribution in [1.29, 1.82) is 0 Å². The zero-order valence-corrected chi connectivity index (χ0v) is 14.4. The monoisotopic (exact) mass is 292 g/mol. The molecule has 0 aliphatic heterocycles. The number of allylic oxidation sites excluding steroid dienone is 1. The Morgan fingerprint density at radius 3 is 2.57 bits per heavy atom. The SMILES string of the molecule is C[C@H](/C=C/[C@H](C)C(C)(C)O)C1CCC2C(=O)CCC[C@@]21C. The van der Waals surface area contributed by atoms with Crippen LogP contribution >= 0.6 is 0 Å². The second kappa shape index (κ2) is 5.87. The van der Waals surface area contributed by atoms with Crippen LogP contribution in [-0.4, -0.2) is 16.5 Å². The molecule has 2 aliphatic carbocycles. The van der Waals surface area contributed by atoms with Gasteiger partial charge >= 0.3 is 0 Å². The number of hydrogen-bond donors (Lipinski definition) is 1. The number of Topliss-reactive ketones (excluding diaryl/α,β-unsaturated/α-hetero) is 1. The van der Waals surface area contributed by atoms with E-state index in [0.717, 1.165) is 19.3 Å². The van der Waals surface area contributed by atoms with Gasteiger partial charge in [0.05, 0.1) is 5.60 Å². The first-order valence-electron chi connectivity index (χ1n) is 8.59. The van der Waals surface area contributed by atoms with Crippen molar-refractivity contribution in [2.24, 2.45) is 29.1 Å². The first-order chi connectivity index (χ1) is 9.66. The lowest BCUT2D eigenvalue weighted by atomic mass is 9.62. The summed E-state index contributed by atoms with van der Waals surface area (Å²) in [6.45, 7) is 10.4. The van der Waals surface area contributed by atoms with Crippen LogP contribution in [0.3, 0.4) is 0 Å². The average Bonchev–Trinajstić information content (AvgIpc) is 2.73. The lowest BCUT2D eigenvalue weighted by Crippen LogP contribution is -2.39. The van der Waals surface area contributed by atoms with E-state index in [0.29, 0.717) is 23.5 Å². The lowest BCUT2D eigenvalue weighted by molar-refractivity contribution is -0.129. The third-order valence-corrected chi connectivity index (χ3v) is 6.39. The zero-order chi connectivity index (χ0) is 15.8. The Labute approximate surface area is 130 Å². The van der Waals surface area contributed by atoms with E-state index in [1.807, 2.05) is 13.8 Å². The Balaban J connectivity index is 2.08. The summed E-state index contributed by atoms with van der Waals surface area (Å²) < 4.78 is 0. The minimum absolute atomic E-state index is 0.151. The van der Waals surface area contributed by atoms with Crippen LogP contribution in [0.1, 0.15) is 66.7 Å². The highest BCUT2D eigenvalue weighted by molar-refractivity contribution is 5.83.